The zero-order valence-electron chi connectivity index (χ0n) is 15.5. The van der Waals surface area contributed by atoms with E-state index in [-0.39, 0.29) is 19.4 Å². The lowest BCUT2D eigenvalue weighted by molar-refractivity contribution is -0.138. The summed E-state index contributed by atoms with van der Waals surface area (Å²) in [5, 5.41) is 0. The first kappa shape index (κ1) is 26.7. The van der Waals surface area contributed by atoms with Crippen molar-refractivity contribution in [3.8, 4) is 0 Å². The van der Waals surface area contributed by atoms with Crippen molar-refractivity contribution in [1.82, 2.24) is 0 Å². The zero-order valence-corrected chi connectivity index (χ0v) is 17.5. The first-order chi connectivity index (χ1) is 9.65. The molecule has 0 unspecified atom stereocenters. The maximum absolute atomic E-state index is 10.9. The Kier molecular flexibility index (Phi) is 13.3. The van der Waals surface area contributed by atoms with E-state index in [1.165, 1.54) is 0 Å². The van der Waals surface area contributed by atoms with Gasteiger partial charge in [0, 0.05) is 11.1 Å². The number of hydrogen-bond acceptors (Lipinski definition) is 4. The predicted molar refractivity (Wildman–Crippen MR) is 105 cm³/mol. The summed E-state index contributed by atoms with van der Waals surface area (Å²) in [6.45, 7) is 23.2. The molecule has 0 saturated carbocycles. The van der Waals surface area contributed by atoms with Gasteiger partial charge in [-0.25, -0.2) is 9.59 Å². The molecule has 0 spiro atoms. The summed E-state index contributed by atoms with van der Waals surface area (Å²) in [6.07, 6.45) is 1.16. The molecular weight excluding hydrogens is 324 g/mol. The van der Waals surface area contributed by atoms with Gasteiger partial charge in [0.05, 0.1) is 28.6 Å². The van der Waals surface area contributed by atoms with E-state index in [0.29, 0.717) is 23.6 Å². The van der Waals surface area contributed by atoms with Crippen LogP contribution in [0, 0.1) is 0 Å². The molecule has 0 amide bonds. The molecule has 0 aliphatic carbocycles. The topological polar surface area (TPSA) is 52.6 Å². The Hall–Kier alpha value is -1.15. The number of rotatable bonds is 6. The molecule has 0 fully saturated rings. The van der Waals surface area contributed by atoms with Crippen molar-refractivity contribution in [3.63, 3.8) is 0 Å². The van der Waals surface area contributed by atoms with E-state index >= 15 is 0 Å². The molecule has 0 bridgehead atoms. The van der Waals surface area contributed by atoms with Crippen molar-refractivity contribution >= 4 is 28.1 Å². The van der Waals surface area contributed by atoms with Gasteiger partial charge in [-0.05, 0) is 13.8 Å². The second-order valence-electron chi connectivity index (χ2n) is 7.83. The molecule has 0 radical (unpaired) electrons. The summed E-state index contributed by atoms with van der Waals surface area (Å²) in [5.74, 6) is -0.542. The van der Waals surface area contributed by atoms with E-state index in [0.717, 1.165) is 0 Å². The third-order valence-electron chi connectivity index (χ3n) is 1.97. The minimum atomic E-state index is -1.25. The van der Waals surface area contributed by atoms with Gasteiger partial charge in [0.1, 0.15) is 0 Å². The molecule has 0 saturated heterocycles. The summed E-state index contributed by atoms with van der Waals surface area (Å²) in [7, 11) is -2.50. The highest BCUT2D eigenvalue weighted by Crippen LogP contribution is 2.03. The number of ether oxygens (including phenoxy) is 2. The van der Waals surface area contributed by atoms with E-state index in [9.17, 15) is 9.59 Å². The van der Waals surface area contributed by atoms with Crippen LogP contribution in [0.4, 0.5) is 0 Å². The van der Waals surface area contributed by atoms with Gasteiger partial charge in [-0.1, -0.05) is 59.9 Å². The fraction of sp³-hybridized carbons (Fsp3) is 0.647. The SMILES string of the molecule is C.C=C(C)C(=O)OC[Si](C)(C)C.C=C(C)C(=O)OC[Si](C)(C)C. The van der Waals surface area contributed by atoms with E-state index in [1.807, 2.05) is 0 Å². The van der Waals surface area contributed by atoms with Crippen LogP contribution in [-0.4, -0.2) is 40.5 Å². The normalized spacial score (nSPS) is 10.4. The minimum Gasteiger partial charge on any atom is -0.466 e. The van der Waals surface area contributed by atoms with Gasteiger partial charge in [0.15, 0.2) is 0 Å². The number of carbonyl (C=O) groups excluding carboxylic acids is 2. The van der Waals surface area contributed by atoms with Crippen LogP contribution < -0.4 is 0 Å². The Bertz CT molecular complexity index is 375. The van der Waals surface area contributed by atoms with Crippen LogP contribution in [-0.2, 0) is 19.1 Å². The fourth-order valence-electron chi connectivity index (χ4n) is 0.811. The van der Waals surface area contributed by atoms with Crippen molar-refractivity contribution in [2.24, 2.45) is 0 Å². The van der Waals surface area contributed by atoms with Crippen molar-refractivity contribution in [2.75, 3.05) is 12.5 Å². The molecule has 23 heavy (non-hydrogen) atoms. The van der Waals surface area contributed by atoms with E-state index in [4.69, 9.17) is 9.47 Å². The first-order valence-corrected chi connectivity index (χ1v) is 14.7. The highest BCUT2D eigenvalue weighted by Gasteiger charge is 2.16. The quantitative estimate of drug-likeness (QED) is 0.394. The van der Waals surface area contributed by atoms with Gasteiger partial charge in [-0.2, -0.15) is 0 Å². The van der Waals surface area contributed by atoms with Gasteiger partial charge in [0.25, 0.3) is 0 Å². The summed E-state index contributed by atoms with van der Waals surface area (Å²) >= 11 is 0. The second kappa shape index (κ2) is 11.4. The largest absolute Gasteiger partial charge is 0.466 e. The van der Waals surface area contributed by atoms with Gasteiger partial charge in [-0.3, -0.25) is 0 Å². The minimum absolute atomic E-state index is 0. The van der Waals surface area contributed by atoms with E-state index in [1.54, 1.807) is 13.8 Å². The molecule has 0 aromatic heterocycles. The van der Waals surface area contributed by atoms with Gasteiger partial charge in [0.2, 0.25) is 0 Å². The number of carbonyl (C=O) groups is 2. The molecule has 6 heteroatoms. The highest BCUT2D eigenvalue weighted by molar-refractivity contribution is 6.76. The number of hydrogen-bond donors (Lipinski definition) is 0. The summed E-state index contributed by atoms with van der Waals surface area (Å²) in [6, 6.07) is 0. The molecule has 0 aliphatic rings. The average Bonchev–Trinajstić information content (AvgIpc) is 2.31. The molecule has 0 aliphatic heterocycles. The molecule has 0 rings (SSSR count). The predicted octanol–water partition coefficient (Wildman–Crippen LogP) is 4.60. The van der Waals surface area contributed by atoms with Crippen molar-refractivity contribution in [3.05, 3.63) is 24.3 Å². The Morgan fingerprint density at radius 3 is 1.09 bits per heavy atom. The Morgan fingerprint density at radius 1 is 0.739 bits per heavy atom. The van der Waals surface area contributed by atoms with Crippen LogP contribution in [0.2, 0.25) is 39.3 Å². The molecule has 0 aromatic carbocycles. The van der Waals surface area contributed by atoms with Gasteiger partial charge < -0.3 is 9.47 Å². The second-order valence-corrected chi connectivity index (χ2v) is 18.7. The molecule has 0 aromatic rings. The Morgan fingerprint density at radius 2 is 0.957 bits per heavy atom. The van der Waals surface area contributed by atoms with Crippen LogP contribution in [0.1, 0.15) is 21.3 Å². The van der Waals surface area contributed by atoms with Crippen LogP contribution in [0.25, 0.3) is 0 Å². The molecule has 136 valence electrons. The molecule has 0 heterocycles. The Labute approximate surface area is 145 Å². The standard InChI is InChI=1S/2C8H16O2Si.CH4/c2*1-7(2)8(9)10-6-11(3,4)5;/h2*1,6H2,2-5H3;1H4. The summed E-state index contributed by atoms with van der Waals surface area (Å²) in [4.78, 5) is 21.8. The lowest BCUT2D eigenvalue weighted by Crippen LogP contribution is -2.29. The molecule has 0 atom stereocenters. The lowest BCUT2D eigenvalue weighted by Gasteiger charge is -2.15. The Balaban J connectivity index is -0.000000333. The summed E-state index contributed by atoms with van der Waals surface area (Å²) < 4.78 is 9.98. The number of esters is 2. The van der Waals surface area contributed by atoms with Crippen LogP contribution in [0.3, 0.4) is 0 Å². The summed E-state index contributed by atoms with van der Waals surface area (Å²) in [5.41, 5.74) is 0.950. The van der Waals surface area contributed by atoms with Gasteiger partial charge in [-0.15, -0.1) is 0 Å². The maximum Gasteiger partial charge on any atom is 0.332 e. The molecular formula is C17H36O4Si2. The van der Waals surface area contributed by atoms with Crippen LogP contribution in [0.15, 0.2) is 24.3 Å². The first-order valence-electron chi connectivity index (χ1n) is 7.31. The highest BCUT2D eigenvalue weighted by atomic mass is 28.3. The zero-order chi connectivity index (χ0) is 18.1. The third-order valence-corrected chi connectivity index (χ3v) is 3.99. The van der Waals surface area contributed by atoms with Crippen molar-refractivity contribution in [1.29, 1.82) is 0 Å². The van der Waals surface area contributed by atoms with E-state index < -0.39 is 16.1 Å². The van der Waals surface area contributed by atoms with Crippen molar-refractivity contribution < 1.29 is 19.1 Å². The van der Waals surface area contributed by atoms with E-state index in [2.05, 4.69) is 52.4 Å². The maximum atomic E-state index is 10.9. The fourth-order valence-corrected chi connectivity index (χ4v) is 1.94. The van der Waals surface area contributed by atoms with Crippen molar-refractivity contribution in [2.45, 2.75) is 60.6 Å². The van der Waals surface area contributed by atoms with Gasteiger partial charge >= 0.3 is 11.9 Å². The monoisotopic (exact) mass is 360 g/mol. The molecule has 0 N–H and O–H groups in total. The average molecular weight is 361 g/mol. The third kappa shape index (κ3) is 20.9. The van der Waals surface area contributed by atoms with Crippen LogP contribution in [0.5, 0.6) is 0 Å². The smallest absolute Gasteiger partial charge is 0.332 e. The lowest BCUT2D eigenvalue weighted by atomic mass is 10.4. The molecule has 4 nitrogen and oxygen atoms in total. The van der Waals surface area contributed by atoms with Crippen LogP contribution >= 0.6 is 0 Å².